The first-order valence-electron chi connectivity index (χ1n) is 11.0. The van der Waals surface area contributed by atoms with Crippen LogP contribution in [-0.2, 0) is 14.3 Å². The van der Waals surface area contributed by atoms with Crippen molar-refractivity contribution in [1.82, 2.24) is 0 Å². The van der Waals surface area contributed by atoms with Gasteiger partial charge in [-0.25, -0.2) is 4.90 Å². The average molecular weight is 503 g/mol. The van der Waals surface area contributed by atoms with E-state index in [9.17, 15) is 29.3 Å². The summed E-state index contributed by atoms with van der Waals surface area (Å²) in [6, 6.07) is 17.6. The fourth-order valence-corrected chi connectivity index (χ4v) is 5.73. The molecule has 6 rings (SSSR count). The molecule has 9 nitrogen and oxygen atoms in total. The molecule has 0 saturated carbocycles. The molecule has 0 aromatic heterocycles. The molecule has 36 heavy (non-hydrogen) atoms. The van der Waals surface area contributed by atoms with E-state index in [1.165, 1.54) is 36.4 Å². The van der Waals surface area contributed by atoms with Crippen LogP contribution in [0.3, 0.4) is 0 Å². The number of amides is 2. The van der Waals surface area contributed by atoms with Gasteiger partial charge in [0.25, 0.3) is 5.69 Å². The van der Waals surface area contributed by atoms with Crippen LogP contribution in [0.4, 0.5) is 11.4 Å². The number of halogens is 1. The Hall–Kier alpha value is -4.21. The summed E-state index contributed by atoms with van der Waals surface area (Å²) >= 11 is 6.41. The molecule has 2 fully saturated rings. The Morgan fingerprint density at radius 1 is 0.833 bits per heavy atom. The van der Waals surface area contributed by atoms with Gasteiger partial charge in [0.2, 0.25) is 29.0 Å². The molecule has 1 aliphatic carbocycles. The summed E-state index contributed by atoms with van der Waals surface area (Å²) in [7, 11) is 0. The van der Waals surface area contributed by atoms with Crippen molar-refractivity contribution in [2.24, 2.45) is 11.8 Å². The number of hydrogen-bond acceptors (Lipinski definition) is 7. The normalized spacial score (nSPS) is 23.9. The van der Waals surface area contributed by atoms with Crippen molar-refractivity contribution in [3.8, 4) is 0 Å². The van der Waals surface area contributed by atoms with Gasteiger partial charge in [-0.15, -0.1) is 0 Å². The second-order valence-electron chi connectivity index (χ2n) is 8.79. The van der Waals surface area contributed by atoms with E-state index in [0.29, 0.717) is 5.56 Å². The number of carbonyl (C=O) groups excluding carboxylic acids is 4. The fourth-order valence-electron chi connectivity index (χ4n) is 5.48. The zero-order valence-electron chi connectivity index (χ0n) is 18.3. The third-order valence-electron chi connectivity index (χ3n) is 7.05. The van der Waals surface area contributed by atoms with E-state index in [4.69, 9.17) is 16.3 Å². The minimum atomic E-state index is -2.22. The first kappa shape index (κ1) is 22.3. The van der Waals surface area contributed by atoms with Crippen LogP contribution in [0.25, 0.3) is 0 Å². The van der Waals surface area contributed by atoms with Gasteiger partial charge in [0, 0.05) is 33.8 Å². The molecule has 2 aliphatic heterocycles. The molecule has 10 heteroatoms. The number of ether oxygens (including phenoxy) is 1. The maximum absolute atomic E-state index is 13.8. The predicted molar refractivity (Wildman–Crippen MR) is 126 cm³/mol. The van der Waals surface area contributed by atoms with Crippen LogP contribution in [-0.4, -0.2) is 33.9 Å². The lowest BCUT2D eigenvalue weighted by molar-refractivity contribution is -0.384. The number of anilines is 1. The van der Waals surface area contributed by atoms with Gasteiger partial charge in [0.05, 0.1) is 28.6 Å². The average Bonchev–Trinajstić information content (AvgIpc) is 3.44. The summed E-state index contributed by atoms with van der Waals surface area (Å²) < 4.78 is 6.19. The van der Waals surface area contributed by atoms with Crippen LogP contribution in [0.1, 0.15) is 32.4 Å². The zero-order valence-corrected chi connectivity index (χ0v) is 19.0. The van der Waals surface area contributed by atoms with Crippen LogP contribution in [0.15, 0.2) is 72.8 Å². The van der Waals surface area contributed by atoms with Crippen molar-refractivity contribution >= 4 is 46.4 Å². The number of ketones is 2. The second-order valence-corrected chi connectivity index (χ2v) is 9.20. The molecular formula is C26H15ClN2O7. The smallest absolute Gasteiger partial charge is 0.269 e. The van der Waals surface area contributed by atoms with Crippen molar-refractivity contribution in [2.75, 3.05) is 4.90 Å². The van der Waals surface area contributed by atoms with Crippen LogP contribution in [0.2, 0.25) is 5.02 Å². The van der Waals surface area contributed by atoms with Gasteiger partial charge in [0.1, 0.15) is 0 Å². The number of imide groups is 1. The van der Waals surface area contributed by atoms with E-state index in [1.54, 1.807) is 36.4 Å². The Morgan fingerprint density at radius 2 is 1.42 bits per heavy atom. The van der Waals surface area contributed by atoms with Crippen molar-refractivity contribution in [3.63, 3.8) is 0 Å². The van der Waals surface area contributed by atoms with E-state index in [0.717, 1.165) is 4.90 Å². The SMILES string of the molecule is O=C1[C@H]2[C@@H](c3ccccc3Cl)OC3(C(=O)c4ccccc4C3=O)[C@H]2C(=O)N1c1ccc([N+](=O)[O-])cc1. The molecule has 0 bridgehead atoms. The largest absolute Gasteiger partial charge is 0.349 e. The Labute approximate surface area is 208 Å². The molecule has 3 atom stereocenters. The quantitative estimate of drug-likeness (QED) is 0.230. The minimum Gasteiger partial charge on any atom is -0.349 e. The number of rotatable bonds is 3. The van der Waals surface area contributed by atoms with Gasteiger partial charge in [-0.05, 0) is 18.2 Å². The number of fused-ring (bicyclic) bond motifs is 3. The number of non-ortho nitro benzene ring substituents is 1. The second kappa shape index (κ2) is 7.64. The summed E-state index contributed by atoms with van der Waals surface area (Å²) in [6.45, 7) is 0. The molecule has 0 radical (unpaired) electrons. The molecule has 2 saturated heterocycles. The van der Waals surface area contributed by atoms with Crippen LogP contribution >= 0.6 is 11.6 Å². The summed E-state index contributed by atoms with van der Waals surface area (Å²) in [5.74, 6) is -5.48. The number of hydrogen-bond donors (Lipinski definition) is 0. The predicted octanol–water partition coefficient (Wildman–Crippen LogP) is 3.94. The van der Waals surface area contributed by atoms with Crippen LogP contribution in [0.5, 0.6) is 0 Å². The van der Waals surface area contributed by atoms with Crippen molar-refractivity contribution < 1.29 is 28.8 Å². The highest BCUT2D eigenvalue weighted by Gasteiger charge is 2.74. The summed E-state index contributed by atoms with van der Waals surface area (Å²) in [5, 5.41) is 11.3. The summed E-state index contributed by atoms with van der Waals surface area (Å²) in [5.41, 5.74) is -1.74. The van der Waals surface area contributed by atoms with Crippen molar-refractivity contribution in [2.45, 2.75) is 11.7 Å². The van der Waals surface area contributed by atoms with Crippen molar-refractivity contribution in [1.29, 1.82) is 0 Å². The van der Waals surface area contributed by atoms with E-state index in [2.05, 4.69) is 0 Å². The van der Waals surface area contributed by atoms with Gasteiger partial charge in [-0.3, -0.25) is 29.3 Å². The first-order valence-corrected chi connectivity index (χ1v) is 11.4. The topological polar surface area (TPSA) is 124 Å². The molecule has 0 N–H and O–H groups in total. The standard InChI is InChI=1S/C26H15ClN2O7/c27-18-8-4-3-7-17(18)21-19-20(26(36-21)22(30)15-5-1-2-6-16(15)23(26)31)25(33)28(24(19)32)13-9-11-14(12-10-13)29(34)35/h1-12,19-21H/t19-,20-,21-/m1/s1. The lowest BCUT2D eigenvalue weighted by Crippen LogP contribution is -2.51. The van der Waals surface area contributed by atoms with Gasteiger partial charge in [-0.2, -0.15) is 0 Å². The molecular weight excluding hydrogens is 488 g/mol. The number of nitro benzene ring substituents is 1. The monoisotopic (exact) mass is 502 g/mol. The van der Waals surface area contributed by atoms with Crippen molar-refractivity contribution in [3.05, 3.63) is 105 Å². The maximum Gasteiger partial charge on any atom is 0.269 e. The Balaban J connectivity index is 1.53. The van der Waals surface area contributed by atoms with Gasteiger partial charge < -0.3 is 4.74 Å². The lowest BCUT2D eigenvalue weighted by atomic mass is 9.77. The fraction of sp³-hybridized carbons (Fsp3) is 0.154. The molecule has 0 unspecified atom stereocenters. The third-order valence-corrected chi connectivity index (χ3v) is 7.39. The van der Waals surface area contributed by atoms with E-state index < -0.39 is 51.8 Å². The minimum absolute atomic E-state index is 0.0912. The maximum atomic E-state index is 13.8. The number of nitro groups is 1. The molecule has 2 amide bonds. The summed E-state index contributed by atoms with van der Waals surface area (Å²) in [4.78, 5) is 66.4. The van der Waals surface area contributed by atoms with Crippen LogP contribution < -0.4 is 4.90 Å². The van der Waals surface area contributed by atoms with Gasteiger partial charge in [-0.1, -0.05) is 54.1 Å². The van der Waals surface area contributed by atoms with E-state index in [1.807, 2.05) is 0 Å². The zero-order chi connectivity index (χ0) is 25.4. The van der Waals surface area contributed by atoms with Gasteiger partial charge >= 0.3 is 0 Å². The lowest BCUT2D eigenvalue weighted by Gasteiger charge is -2.27. The molecule has 1 spiro atoms. The number of nitrogens with zero attached hydrogens (tertiary/aromatic N) is 2. The molecule has 3 aliphatic rings. The highest BCUT2D eigenvalue weighted by Crippen LogP contribution is 2.58. The van der Waals surface area contributed by atoms with E-state index in [-0.39, 0.29) is 27.5 Å². The molecule has 178 valence electrons. The Kier molecular flexibility index (Phi) is 4.73. The number of benzene rings is 3. The summed E-state index contributed by atoms with van der Waals surface area (Å²) in [6.07, 6.45) is -1.15. The highest BCUT2D eigenvalue weighted by molar-refractivity contribution is 6.37. The van der Waals surface area contributed by atoms with Crippen LogP contribution in [0, 0.1) is 22.0 Å². The Morgan fingerprint density at radius 3 is 2.00 bits per heavy atom. The highest BCUT2D eigenvalue weighted by atomic mass is 35.5. The molecule has 2 heterocycles. The number of Topliss-reactive ketones (excluding diaryl/α,β-unsaturated/α-hetero) is 2. The third kappa shape index (κ3) is 2.75. The Bertz CT molecular complexity index is 1480. The molecule has 3 aromatic carbocycles. The van der Waals surface area contributed by atoms with E-state index >= 15 is 0 Å². The first-order chi connectivity index (χ1) is 17.3. The molecule has 3 aromatic rings. The van der Waals surface area contributed by atoms with Gasteiger partial charge in [0.15, 0.2) is 0 Å². The number of carbonyl (C=O) groups is 4.